The number of hydrogen-bond acceptors (Lipinski definition) is 3. The molecule has 0 heterocycles. The second-order valence-electron chi connectivity index (χ2n) is 5.00. The van der Waals surface area contributed by atoms with Crippen LogP contribution in [0.1, 0.15) is 12.8 Å². The van der Waals surface area contributed by atoms with E-state index >= 15 is 0 Å². The van der Waals surface area contributed by atoms with Gasteiger partial charge in [-0.3, -0.25) is 9.10 Å². The molecule has 0 atom stereocenters. The number of nitrogens with zero attached hydrogens (tertiary/aromatic N) is 1. The van der Waals surface area contributed by atoms with E-state index in [2.05, 4.69) is 5.32 Å². The molecule has 1 saturated carbocycles. The van der Waals surface area contributed by atoms with Crippen molar-refractivity contribution >= 4 is 33.2 Å². The average molecular weight is 335 g/mol. The van der Waals surface area contributed by atoms with Crippen molar-refractivity contribution in [2.24, 2.45) is 5.92 Å². The van der Waals surface area contributed by atoms with Gasteiger partial charge in [0.2, 0.25) is 15.9 Å². The molecule has 8 heteroatoms. The van der Waals surface area contributed by atoms with Crippen molar-refractivity contribution in [3.8, 4) is 0 Å². The molecule has 1 aliphatic rings. The smallest absolute Gasteiger partial charge is 0.232 e. The molecule has 21 heavy (non-hydrogen) atoms. The molecule has 5 nitrogen and oxygen atoms in total. The van der Waals surface area contributed by atoms with Crippen molar-refractivity contribution in [1.29, 1.82) is 0 Å². The lowest BCUT2D eigenvalue weighted by Gasteiger charge is -2.22. The van der Waals surface area contributed by atoms with Crippen LogP contribution >= 0.6 is 11.6 Å². The van der Waals surface area contributed by atoms with Gasteiger partial charge in [-0.25, -0.2) is 12.8 Å². The van der Waals surface area contributed by atoms with Crippen molar-refractivity contribution in [3.05, 3.63) is 29.0 Å². The molecule has 0 aliphatic heterocycles. The van der Waals surface area contributed by atoms with Crippen LogP contribution in [0.3, 0.4) is 0 Å². The maximum absolute atomic E-state index is 13.2. The third-order valence-corrected chi connectivity index (χ3v) is 4.64. The number of carbonyl (C=O) groups is 1. The van der Waals surface area contributed by atoms with E-state index in [9.17, 15) is 17.6 Å². The van der Waals surface area contributed by atoms with E-state index in [1.54, 1.807) is 0 Å². The molecule has 1 amide bonds. The molecule has 0 spiro atoms. The van der Waals surface area contributed by atoms with Gasteiger partial charge in [0.05, 0.1) is 23.5 Å². The number of carbonyl (C=O) groups excluding carboxylic acids is 1. The second kappa shape index (κ2) is 6.19. The van der Waals surface area contributed by atoms with Crippen LogP contribution in [0, 0.1) is 11.7 Å². The number of sulfonamides is 1. The summed E-state index contributed by atoms with van der Waals surface area (Å²) < 4.78 is 37.9. The fourth-order valence-electron chi connectivity index (χ4n) is 1.90. The largest absolute Gasteiger partial charge is 0.354 e. The second-order valence-corrected chi connectivity index (χ2v) is 7.31. The molecule has 0 saturated heterocycles. The minimum atomic E-state index is -3.55. The third kappa shape index (κ3) is 4.31. The number of anilines is 1. The monoisotopic (exact) mass is 334 g/mol. The molecule has 1 aromatic rings. The summed E-state index contributed by atoms with van der Waals surface area (Å²) in [6, 6.07) is 3.70. The highest BCUT2D eigenvalue weighted by atomic mass is 35.5. The lowest BCUT2D eigenvalue weighted by atomic mass is 10.3. The Hall–Kier alpha value is -1.34. The quantitative estimate of drug-likeness (QED) is 0.862. The lowest BCUT2D eigenvalue weighted by molar-refractivity contribution is -0.122. The molecule has 0 aromatic heterocycles. The number of rotatable bonds is 6. The SMILES string of the molecule is CS(=O)(=O)N(CCNC(=O)C1CC1)c1ccc(F)c(Cl)c1. The van der Waals surface area contributed by atoms with Crippen LogP contribution in [0.5, 0.6) is 0 Å². The van der Waals surface area contributed by atoms with Crippen molar-refractivity contribution in [3.63, 3.8) is 0 Å². The van der Waals surface area contributed by atoms with E-state index in [4.69, 9.17) is 11.6 Å². The highest BCUT2D eigenvalue weighted by Crippen LogP contribution is 2.28. The molecule has 1 aromatic carbocycles. The van der Waals surface area contributed by atoms with Crippen LogP contribution < -0.4 is 9.62 Å². The fraction of sp³-hybridized carbons (Fsp3) is 0.462. The van der Waals surface area contributed by atoms with Crippen molar-refractivity contribution in [2.75, 3.05) is 23.7 Å². The Morgan fingerprint density at radius 2 is 2.14 bits per heavy atom. The number of nitrogens with one attached hydrogen (secondary N) is 1. The van der Waals surface area contributed by atoms with E-state index in [0.717, 1.165) is 29.5 Å². The van der Waals surface area contributed by atoms with E-state index in [0.29, 0.717) is 0 Å². The van der Waals surface area contributed by atoms with Crippen LogP contribution in [0.15, 0.2) is 18.2 Å². The zero-order chi connectivity index (χ0) is 15.6. The predicted molar refractivity (Wildman–Crippen MR) is 79.3 cm³/mol. The van der Waals surface area contributed by atoms with Gasteiger partial charge in [-0.15, -0.1) is 0 Å². The average Bonchev–Trinajstić information content (AvgIpc) is 3.21. The first-order valence-electron chi connectivity index (χ1n) is 6.49. The Kier molecular flexibility index (Phi) is 4.73. The first-order chi connectivity index (χ1) is 9.79. The molecule has 0 unspecified atom stereocenters. The minimum Gasteiger partial charge on any atom is -0.354 e. The fourth-order valence-corrected chi connectivity index (χ4v) is 2.99. The topological polar surface area (TPSA) is 66.5 Å². The van der Waals surface area contributed by atoms with Crippen LogP contribution in [-0.4, -0.2) is 33.7 Å². The van der Waals surface area contributed by atoms with Gasteiger partial charge >= 0.3 is 0 Å². The van der Waals surface area contributed by atoms with Crippen LogP contribution in [0.2, 0.25) is 5.02 Å². The number of amides is 1. The Labute approximate surface area is 128 Å². The summed E-state index contributed by atoms with van der Waals surface area (Å²) >= 11 is 5.68. The summed E-state index contributed by atoms with van der Waals surface area (Å²) in [7, 11) is -3.55. The molecule has 116 valence electrons. The lowest BCUT2D eigenvalue weighted by Crippen LogP contribution is -2.38. The van der Waals surface area contributed by atoms with Crippen molar-refractivity contribution < 1.29 is 17.6 Å². The van der Waals surface area contributed by atoms with Gasteiger partial charge in [-0.2, -0.15) is 0 Å². The molecule has 1 N–H and O–H groups in total. The minimum absolute atomic E-state index is 0.0550. The molecule has 1 aliphatic carbocycles. The van der Waals surface area contributed by atoms with Gasteiger partial charge in [0.25, 0.3) is 0 Å². The zero-order valence-electron chi connectivity index (χ0n) is 11.5. The highest BCUT2D eigenvalue weighted by Gasteiger charge is 2.29. The Balaban J connectivity index is 2.07. The molecule has 0 radical (unpaired) electrons. The Morgan fingerprint density at radius 1 is 1.48 bits per heavy atom. The number of hydrogen-bond donors (Lipinski definition) is 1. The molecular weight excluding hydrogens is 319 g/mol. The highest BCUT2D eigenvalue weighted by molar-refractivity contribution is 7.92. The van der Waals surface area contributed by atoms with Crippen LogP contribution in [-0.2, 0) is 14.8 Å². The van der Waals surface area contributed by atoms with Crippen molar-refractivity contribution in [1.82, 2.24) is 5.32 Å². The molecular formula is C13H16ClFN2O3S. The van der Waals surface area contributed by atoms with Gasteiger partial charge in [-0.05, 0) is 31.0 Å². The van der Waals surface area contributed by atoms with Gasteiger partial charge in [0.15, 0.2) is 0 Å². The third-order valence-electron chi connectivity index (χ3n) is 3.15. The van der Waals surface area contributed by atoms with Gasteiger partial charge in [0, 0.05) is 12.5 Å². The maximum Gasteiger partial charge on any atom is 0.232 e. The first kappa shape index (κ1) is 16.0. The van der Waals surface area contributed by atoms with Gasteiger partial charge in [0.1, 0.15) is 5.82 Å². The summed E-state index contributed by atoms with van der Waals surface area (Å²) in [6.07, 6.45) is 2.82. The molecule has 0 bridgehead atoms. The Bertz CT molecular complexity index is 647. The number of benzene rings is 1. The molecule has 2 rings (SSSR count). The maximum atomic E-state index is 13.2. The van der Waals surface area contributed by atoms with Crippen LogP contribution in [0.25, 0.3) is 0 Å². The molecule has 1 fully saturated rings. The predicted octanol–water partition coefficient (Wildman–Crippen LogP) is 1.77. The normalized spacial score (nSPS) is 14.8. The van der Waals surface area contributed by atoms with E-state index in [1.165, 1.54) is 12.1 Å². The summed E-state index contributed by atoms with van der Waals surface area (Å²) in [6.45, 7) is 0.261. The summed E-state index contributed by atoms with van der Waals surface area (Å²) in [4.78, 5) is 11.5. The van der Waals surface area contributed by atoms with Crippen LogP contribution in [0.4, 0.5) is 10.1 Å². The van der Waals surface area contributed by atoms with Gasteiger partial charge < -0.3 is 5.32 Å². The van der Waals surface area contributed by atoms with Gasteiger partial charge in [-0.1, -0.05) is 11.6 Å². The summed E-state index contributed by atoms with van der Waals surface area (Å²) in [5.41, 5.74) is 0.268. The van der Waals surface area contributed by atoms with E-state index < -0.39 is 15.8 Å². The summed E-state index contributed by atoms with van der Waals surface area (Å²) in [5, 5.41) is 2.54. The van der Waals surface area contributed by atoms with Crippen molar-refractivity contribution in [2.45, 2.75) is 12.8 Å². The van der Waals surface area contributed by atoms with E-state index in [1.807, 2.05) is 0 Å². The standard InChI is InChI=1S/C13H16ClFN2O3S/c1-21(19,20)17(7-6-16-13(18)9-2-3-9)10-4-5-12(15)11(14)8-10/h4-5,8-9H,2-3,6-7H2,1H3,(H,16,18). The Morgan fingerprint density at radius 3 is 2.67 bits per heavy atom. The first-order valence-corrected chi connectivity index (χ1v) is 8.72. The summed E-state index contributed by atoms with van der Waals surface area (Å²) in [5.74, 6) is -0.603. The zero-order valence-corrected chi connectivity index (χ0v) is 13.0. The number of halogens is 2. The van der Waals surface area contributed by atoms with E-state index in [-0.39, 0.29) is 35.6 Å².